The Morgan fingerprint density at radius 3 is 2.30 bits per heavy atom. The standard InChI is InChI=1S/C5H11N5/c1-9(2)5(7-8-6)10(3)4/h1H2,2-4H3. The van der Waals surface area contributed by atoms with E-state index in [4.69, 9.17) is 5.53 Å². The fraction of sp³-hybridized carbons (Fsp3) is 0.600. The van der Waals surface area contributed by atoms with Crippen LogP contribution in [0.5, 0.6) is 0 Å². The summed E-state index contributed by atoms with van der Waals surface area (Å²) >= 11 is 0. The molecule has 10 heavy (non-hydrogen) atoms. The average molecular weight is 141 g/mol. The minimum atomic E-state index is 0.488. The molecule has 0 radical (unpaired) electrons. The van der Waals surface area contributed by atoms with Gasteiger partial charge in [-0.25, -0.2) is 0 Å². The highest BCUT2D eigenvalue weighted by atomic mass is 15.4. The smallest absolute Gasteiger partial charge is 0.0796 e. The van der Waals surface area contributed by atoms with Gasteiger partial charge in [-0.15, -0.1) is 5.11 Å². The van der Waals surface area contributed by atoms with Crippen molar-refractivity contribution in [3.63, 3.8) is 0 Å². The highest BCUT2D eigenvalue weighted by molar-refractivity contribution is 5.15. The van der Waals surface area contributed by atoms with Crippen LogP contribution >= 0.6 is 0 Å². The molecule has 0 saturated heterocycles. The van der Waals surface area contributed by atoms with Crippen molar-refractivity contribution < 1.29 is 4.58 Å². The lowest BCUT2D eigenvalue weighted by Gasteiger charge is -2.26. The lowest BCUT2D eigenvalue weighted by Crippen LogP contribution is -2.25. The number of azide groups is 1. The van der Waals surface area contributed by atoms with Gasteiger partial charge in [0.15, 0.2) is 0 Å². The summed E-state index contributed by atoms with van der Waals surface area (Å²) in [6, 6.07) is 0. The molecule has 0 heterocycles. The average Bonchev–Trinajstić information content (AvgIpc) is 1.81. The zero-order chi connectivity index (χ0) is 8.15. The molecule has 0 aromatic heterocycles. The van der Waals surface area contributed by atoms with Crippen molar-refractivity contribution in [2.24, 2.45) is 5.11 Å². The van der Waals surface area contributed by atoms with Crippen LogP contribution < -0.4 is 0 Å². The Labute approximate surface area is 60.2 Å². The van der Waals surface area contributed by atoms with E-state index in [1.807, 2.05) is 0 Å². The molecule has 0 unspecified atom stereocenters. The monoisotopic (exact) mass is 141 g/mol. The minimum Gasteiger partial charge on any atom is -0.422 e. The molecule has 0 aromatic carbocycles. The predicted molar refractivity (Wildman–Crippen MR) is 39.4 cm³/mol. The zero-order valence-electron chi connectivity index (χ0n) is 6.44. The molecule has 0 atom stereocenters. The second kappa shape index (κ2) is 3.76. The van der Waals surface area contributed by atoms with Crippen LogP contribution in [0.4, 0.5) is 0 Å². The Morgan fingerprint density at radius 2 is 2.20 bits per heavy atom. The highest BCUT2D eigenvalue weighted by Crippen LogP contribution is 2.03. The van der Waals surface area contributed by atoms with E-state index in [0.29, 0.717) is 6.29 Å². The van der Waals surface area contributed by atoms with Crippen molar-refractivity contribution in [1.29, 1.82) is 0 Å². The van der Waals surface area contributed by atoms with Gasteiger partial charge in [0, 0.05) is 7.05 Å². The number of rotatable bonds is 3. The van der Waals surface area contributed by atoms with Crippen molar-refractivity contribution in [3.05, 3.63) is 16.7 Å². The number of hydrogen-bond donors (Lipinski definition) is 0. The van der Waals surface area contributed by atoms with Crippen molar-refractivity contribution in [2.75, 3.05) is 21.1 Å². The van der Waals surface area contributed by atoms with Crippen molar-refractivity contribution in [3.8, 4) is 0 Å². The SMILES string of the molecule is C=[N+](C)[C-](N=[N+]=[N-])N(C)C. The summed E-state index contributed by atoms with van der Waals surface area (Å²) in [6.07, 6.45) is 0.488. The second-order valence-corrected chi connectivity index (χ2v) is 2.08. The maximum atomic E-state index is 8.09. The van der Waals surface area contributed by atoms with Crippen molar-refractivity contribution >= 4 is 6.72 Å². The van der Waals surface area contributed by atoms with E-state index in [-0.39, 0.29) is 0 Å². The quantitative estimate of drug-likeness (QED) is 0.142. The summed E-state index contributed by atoms with van der Waals surface area (Å²) in [5.41, 5.74) is 8.09. The van der Waals surface area contributed by atoms with Crippen LogP contribution in [-0.4, -0.2) is 37.3 Å². The van der Waals surface area contributed by atoms with Gasteiger partial charge in [-0.05, 0) is 24.5 Å². The molecular weight excluding hydrogens is 130 g/mol. The molecule has 0 amide bonds. The van der Waals surface area contributed by atoms with E-state index in [9.17, 15) is 0 Å². The first-order valence-corrected chi connectivity index (χ1v) is 2.73. The van der Waals surface area contributed by atoms with E-state index >= 15 is 0 Å². The maximum Gasteiger partial charge on any atom is 0.0796 e. The molecule has 0 aromatic rings. The Hall–Kier alpha value is -1.19. The topological polar surface area (TPSA) is 55.0 Å². The molecular formula is C5H11N5. The summed E-state index contributed by atoms with van der Waals surface area (Å²) in [4.78, 5) is 4.33. The predicted octanol–water partition coefficient (Wildman–Crippen LogP) is 0.648. The zero-order valence-corrected chi connectivity index (χ0v) is 6.44. The van der Waals surface area contributed by atoms with Gasteiger partial charge in [0.05, 0.1) is 6.29 Å². The van der Waals surface area contributed by atoms with Crippen molar-refractivity contribution in [1.82, 2.24) is 4.90 Å². The normalized spacial score (nSPS) is 8.80. The van der Waals surface area contributed by atoms with Gasteiger partial charge < -0.3 is 9.48 Å². The van der Waals surface area contributed by atoms with Gasteiger partial charge in [-0.2, -0.15) is 0 Å². The minimum absolute atomic E-state index is 0.488. The first kappa shape index (κ1) is 8.81. The molecule has 56 valence electrons. The maximum absolute atomic E-state index is 8.09. The Balaban J connectivity index is 4.26. The molecule has 0 rings (SSSR count). The van der Waals surface area contributed by atoms with Gasteiger partial charge in [0.1, 0.15) is 0 Å². The van der Waals surface area contributed by atoms with Gasteiger partial charge >= 0.3 is 0 Å². The highest BCUT2D eigenvalue weighted by Gasteiger charge is 2.00. The number of hydrogen-bond acceptors (Lipinski definition) is 2. The van der Waals surface area contributed by atoms with Crippen LogP contribution in [0, 0.1) is 6.29 Å². The Bertz CT molecular complexity index is 165. The van der Waals surface area contributed by atoms with Crippen LogP contribution in [0.25, 0.3) is 10.4 Å². The summed E-state index contributed by atoms with van der Waals surface area (Å²) in [5.74, 6) is 0. The third-order valence-electron chi connectivity index (χ3n) is 0.876. The van der Waals surface area contributed by atoms with Gasteiger partial charge in [0.25, 0.3) is 0 Å². The number of nitrogens with zero attached hydrogens (tertiary/aromatic N) is 5. The van der Waals surface area contributed by atoms with E-state index in [0.717, 1.165) is 0 Å². The largest absolute Gasteiger partial charge is 0.422 e. The third-order valence-corrected chi connectivity index (χ3v) is 0.876. The third kappa shape index (κ3) is 2.39. The fourth-order valence-electron chi connectivity index (χ4n) is 0.547. The Kier molecular flexibility index (Phi) is 3.32. The summed E-state index contributed by atoms with van der Waals surface area (Å²) < 4.78 is 1.50. The second-order valence-electron chi connectivity index (χ2n) is 2.08. The molecule has 0 aliphatic carbocycles. The van der Waals surface area contributed by atoms with Crippen molar-refractivity contribution in [2.45, 2.75) is 0 Å². The summed E-state index contributed by atoms with van der Waals surface area (Å²) in [7, 11) is 5.28. The van der Waals surface area contributed by atoms with Crippen LogP contribution in [0.3, 0.4) is 0 Å². The van der Waals surface area contributed by atoms with E-state index < -0.39 is 0 Å². The molecule has 0 spiro atoms. The van der Waals surface area contributed by atoms with Crippen LogP contribution in [0.15, 0.2) is 5.11 Å². The molecule has 5 heteroatoms. The molecule has 5 nitrogen and oxygen atoms in total. The van der Waals surface area contributed by atoms with Gasteiger partial charge in [-0.1, -0.05) is 6.72 Å². The van der Waals surface area contributed by atoms with Crippen LogP contribution in [0.2, 0.25) is 0 Å². The first-order valence-electron chi connectivity index (χ1n) is 2.73. The van der Waals surface area contributed by atoms with E-state index in [1.54, 1.807) is 26.0 Å². The molecule has 0 fully saturated rings. The van der Waals surface area contributed by atoms with E-state index in [1.165, 1.54) is 4.58 Å². The molecule has 0 aliphatic heterocycles. The molecule has 0 bridgehead atoms. The van der Waals surface area contributed by atoms with E-state index in [2.05, 4.69) is 16.7 Å². The first-order chi connectivity index (χ1) is 4.59. The molecule has 0 aliphatic rings. The van der Waals surface area contributed by atoms with Gasteiger partial charge in [-0.3, -0.25) is 0 Å². The molecule has 0 N–H and O–H groups in total. The van der Waals surface area contributed by atoms with Crippen LogP contribution in [-0.2, 0) is 0 Å². The summed E-state index contributed by atoms with van der Waals surface area (Å²) in [5, 5.41) is 3.41. The lowest BCUT2D eigenvalue weighted by atomic mass is 10.7. The molecule has 0 saturated carbocycles. The Morgan fingerprint density at radius 1 is 1.70 bits per heavy atom. The lowest BCUT2D eigenvalue weighted by molar-refractivity contribution is -0.495. The summed E-state index contributed by atoms with van der Waals surface area (Å²) in [6.45, 7) is 3.57. The van der Waals surface area contributed by atoms with Crippen LogP contribution in [0.1, 0.15) is 0 Å². The van der Waals surface area contributed by atoms with Gasteiger partial charge in [0.2, 0.25) is 0 Å². The fourth-order valence-corrected chi connectivity index (χ4v) is 0.547.